The Labute approximate surface area is 90.9 Å². The third-order valence-corrected chi connectivity index (χ3v) is 4.95. The van der Waals surface area contributed by atoms with Gasteiger partial charge in [-0.25, -0.2) is 8.42 Å². The van der Waals surface area contributed by atoms with E-state index >= 15 is 0 Å². The molecule has 1 aliphatic carbocycles. The average Bonchev–Trinajstić information content (AvgIpc) is 2.02. The van der Waals surface area contributed by atoms with Gasteiger partial charge in [-0.15, -0.1) is 11.6 Å². The predicted molar refractivity (Wildman–Crippen MR) is 52.8 cm³/mol. The van der Waals surface area contributed by atoms with Crippen LogP contribution in [0, 0.1) is 10.1 Å². The van der Waals surface area contributed by atoms with E-state index in [2.05, 4.69) is 0 Å². The van der Waals surface area contributed by atoms with Crippen molar-refractivity contribution >= 4 is 31.3 Å². The zero-order valence-electron chi connectivity index (χ0n) is 7.10. The second-order valence-corrected chi connectivity index (χ2v) is 6.69. The number of nitrogens with zero attached hydrogens (tertiary/aromatic N) is 1. The van der Waals surface area contributed by atoms with Gasteiger partial charge in [-0.05, 0) is 6.42 Å². The number of hydrogen-bond acceptors (Lipinski definition) is 4. The fourth-order valence-corrected chi connectivity index (χ4v) is 3.88. The molecule has 0 aromatic carbocycles. The van der Waals surface area contributed by atoms with E-state index in [4.69, 9.17) is 22.3 Å². The Bertz CT molecular complexity index is 331. The van der Waals surface area contributed by atoms with Crippen LogP contribution < -0.4 is 0 Å². The molecule has 82 valence electrons. The molecule has 0 aromatic rings. The third-order valence-electron chi connectivity index (χ3n) is 2.34. The molecule has 1 rings (SSSR count). The van der Waals surface area contributed by atoms with Gasteiger partial charge in [-0.2, -0.15) is 0 Å². The Balaban J connectivity index is 2.80. The van der Waals surface area contributed by atoms with Gasteiger partial charge in [-0.3, -0.25) is 10.1 Å². The Morgan fingerprint density at radius 1 is 1.36 bits per heavy atom. The van der Waals surface area contributed by atoms with Gasteiger partial charge in [0.1, 0.15) is 0 Å². The number of nitro groups is 1. The fourth-order valence-electron chi connectivity index (χ4n) is 1.55. The van der Waals surface area contributed by atoms with Crippen LogP contribution in [0.1, 0.15) is 19.3 Å². The molecule has 3 unspecified atom stereocenters. The maximum Gasteiger partial charge on any atom is 0.237 e. The first-order chi connectivity index (χ1) is 6.32. The lowest BCUT2D eigenvalue weighted by atomic mass is 9.95. The highest BCUT2D eigenvalue weighted by molar-refractivity contribution is 8.14. The van der Waals surface area contributed by atoms with Crippen molar-refractivity contribution in [3.63, 3.8) is 0 Å². The minimum atomic E-state index is -3.81. The predicted octanol–water partition coefficient (Wildman–Crippen LogP) is 1.36. The Morgan fingerprint density at radius 3 is 2.36 bits per heavy atom. The quantitative estimate of drug-likeness (QED) is 0.326. The molecule has 8 heteroatoms. The summed E-state index contributed by atoms with van der Waals surface area (Å²) in [4.78, 5) is 9.98. The largest absolute Gasteiger partial charge is 0.264 e. The highest BCUT2D eigenvalue weighted by Gasteiger charge is 2.41. The summed E-state index contributed by atoms with van der Waals surface area (Å²) in [6.45, 7) is 0. The van der Waals surface area contributed by atoms with Crippen LogP contribution in [0.2, 0.25) is 0 Å². The van der Waals surface area contributed by atoms with Crippen LogP contribution >= 0.6 is 22.3 Å². The van der Waals surface area contributed by atoms with Gasteiger partial charge in [0, 0.05) is 28.4 Å². The molecule has 0 saturated heterocycles. The average molecular weight is 262 g/mol. The molecule has 1 saturated carbocycles. The minimum absolute atomic E-state index is 0.0903. The zero-order valence-corrected chi connectivity index (χ0v) is 9.43. The second-order valence-electron chi connectivity index (χ2n) is 3.28. The summed E-state index contributed by atoms with van der Waals surface area (Å²) in [5.41, 5.74) is 0. The van der Waals surface area contributed by atoms with E-state index < -0.39 is 30.6 Å². The molecule has 0 radical (unpaired) electrons. The molecule has 0 aliphatic heterocycles. The van der Waals surface area contributed by atoms with Gasteiger partial charge < -0.3 is 0 Å². The summed E-state index contributed by atoms with van der Waals surface area (Å²) in [6.07, 6.45) is 0.529. The molecule has 1 fully saturated rings. The molecule has 5 nitrogen and oxygen atoms in total. The van der Waals surface area contributed by atoms with Gasteiger partial charge in [0.05, 0.1) is 10.6 Å². The Morgan fingerprint density at radius 2 is 1.93 bits per heavy atom. The molecular weight excluding hydrogens is 253 g/mol. The normalized spacial score (nSPS) is 34.0. The van der Waals surface area contributed by atoms with Gasteiger partial charge in [0.2, 0.25) is 15.1 Å². The minimum Gasteiger partial charge on any atom is -0.264 e. The van der Waals surface area contributed by atoms with Crippen LogP contribution in [0.15, 0.2) is 0 Å². The molecule has 0 N–H and O–H groups in total. The van der Waals surface area contributed by atoms with Crippen LogP contribution in [0.3, 0.4) is 0 Å². The van der Waals surface area contributed by atoms with Crippen molar-refractivity contribution < 1.29 is 13.3 Å². The van der Waals surface area contributed by atoms with Crippen molar-refractivity contribution in [1.29, 1.82) is 0 Å². The lowest BCUT2D eigenvalue weighted by Crippen LogP contribution is -2.39. The summed E-state index contributed by atoms with van der Waals surface area (Å²) in [7, 11) is 1.34. The van der Waals surface area contributed by atoms with Crippen molar-refractivity contribution in [2.75, 3.05) is 0 Å². The molecule has 0 heterocycles. The first-order valence-electron chi connectivity index (χ1n) is 4.03. The van der Waals surface area contributed by atoms with Gasteiger partial charge in [0.15, 0.2) is 0 Å². The van der Waals surface area contributed by atoms with Crippen LogP contribution in [-0.4, -0.2) is 30.0 Å². The van der Waals surface area contributed by atoms with Gasteiger partial charge in [-0.1, -0.05) is 0 Å². The molecule has 3 atom stereocenters. The fraction of sp³-hybridized carbons (Fsp3) is 1.00. The van der Waals surface area contributed by atoms with Crippen LogP contribution in [-0.2, 0) is 9.05 Å². The van der Waals surface area contributed by atoms with E-state index in [0.29, 0.717) is 12.8 Å². The highest BCUT2D eigenvalue weighted by atomic mass is 35.7. The molecular formula is C6H9Cl2NO4S. The Kier molecular flexibility index (Phi) is 3.60. The molecule has 1 aliphatic rings. The zero-order chi connectivity index (χ0) is 10.9. The summed E-state index contributed by atoms with van der Waals surface area (Å²) in [5, 5.41) is 8.84. The van der Waals surface area contributed by atoms with E-state index in [-0.39, 0.29) is 6.42 Å². The van der Waals surface area contributed by atoms with Crippen molar-refractivity contribution in [2.24, 2.45) is 0 Å². The first-order valence-corrected chi connectivity index (χ1v) is 6.84. The summed E-state index contributed by atoms with van der Waals surface area (Å²) >= 11 is 5.75. The van der Waals surface area contributed by atoms with Crippen LogP contribution in [0.4, 0.5) is 0 Å². The first kappa shape index (κ1) is 12.0. The highest BCUT2D eigenvalue weighted by Crippen LogP contribution is 2.31. The molecule has 0 amide bonds. The van der Waals surface area contributed by atoms with E-state index in [0.717, 1.165) is 0 Å². The lowest BCUT2D eigenvalue weighted by Gasteiger charge is -2.26. The van der Waals surface area contributed by atoms with E-state index in [9.17, 15) is 18.5 Å². The van der Waals surface area contributed by atoms with Crippen LogP contribution in [0.25, 0.3) is 0 Å². The Hall–Kier alpha value is -0.0700. The molecule has 0 aromatic heterocycles. The van der Waals surface area contributed by atoms with Crippen molar-refractivity contribution in [3.8, 4) is 0 Å². The second kappa shape index (κ2) is 4.20. The van der Waals surface area contributed by atoms with E-state index in [1.54, 1.807) is 0 Å². The maximum atomic E-state index is 11.0. The monoisotopic (exact) mass is 261 g/mol. The van der Waals surface area contributed by atoms with Crippen molar-refractivity contribution in [2.45, 2.75) is 35.9 Å². The van der Waals surface area contributed by atoms with Gasteiger partial charge in [0.25, 0.3) is 0 Å². The standard InChI is InChI=1S/C6H9Cl2NO4S/c7-5-2-1-4(9(10)11)3-6(5)14(8,12)13/h4-6H,1-3H2. The van der Waals surface area contributed by atoms with Crippen molar-refractivity contribution in [1.82, 2.24) is 0 Å². The molecule has 14 heavy (non-hydrogen) atoms. The van der Waals surface area contributed by atoms with Crippen LogP contribution in [0.5, 0.6) is 0 Å². The summed E-state index contributed by atoms with van der Waals surface area (Å²) in [5.74, 6) is 0. The van der Waals surface area contributed by atoms with E-state index in [1.807, 2.05) is 0 Å². The topological polar surface area (TPSA) is 77.3 Å². The maximum absolute atomic E-state index is 11.0. The van der Waals surface area contributed by atoms with Gasteiger partial charge >= 0.3 is 0 Å². The molecule has 0 spiro atoms. The summed E-state index contributed by atoms with van der Waals surface area (Å²) in [6, 6.07) is -0.844. The number of rotatable bonds is 2. The number of alkyl halides is 1. The smallest absolute Gasteiger partial charge is 0.237 e. The SMILES string of the molecule is O=[N+]([O-])C1CCC(Cl)C(S(=O)(=O)Cl)C1. The molecule has 0 bridgehead atoms. The number of halogens is 2. The number of hydrogen-bond donors (Lipinski definition) is 0. The third kappa shape index (κ3) is 2.71. The summed E-state index contributed by atoms with van der Waals surface area (Å²) < 4.78 is 22.0. The van der Waals surface area contributed by atoms with E-state index in [1.165, 1.54) is 0 Å². The lowest BCUT2D eigenvalue weighted by molar-refractivity contribution is -0.525. The van der Waals surface area contributed by atoms with Crippen molar-refractivity contribution in [3.05, 3.63) is 10.1 Å².